The van der Waals surface area contributed by atoms with Gasteiger partial charge in [0, 0.05) is 32.4 Å². The van der Waals surface area contributed by atoms with Crippen LogP contribution in [0.4, 0.5) is 0 Å². The van der Waals surface area contributed by atoms with Crippen molar-refractivity contribution in [2.24, 2.45) is 7.05 Å². The summed E-state index contributed by atoms with van der Waals surface area (Å²) in [6, 6.07) is 9.59. The lowest BCUT2D eigenvalue weighted by Gasteiger charge is -2.15. The molecule has 2 aromatic rings. The largest absolute Gasteiger partial charge is 0.395 e. The number of aliphatic hydroxyl groups excluding tert-OH is 1. The minimum Gasteiger partial charge on any atom is -0.395 e. The Bertz CT molecular complexity index is 563. The molecule has 0 atom stereocenters. The summed E-state index contributed by atoms with van der Waals surface area (Å²) in [5.74, 6) is -0.138. The molecule has 19 heavy (non-hydrogen) atoms. The Morgan fingerprint density at radius 2 is 2.05 bits per heavy atom. The summed E-state index contributed by atoms with van der Waals surface area (Å²) in [6.07, 6.45) is 1.71. The number of hydrogen-bond donors (Lipinski definition) is 1. The van der Waals surface area contributed by atoms with Crippen LogP contribution in [0.3, 0.4) is 0 Å². The molecule has 0 saturated heterocycles. The van der Waals surface area contributed by atoms with Gasteiger partial charge in [0.25, 0.3) is 5.91 Å². The van der Waals surface area contributed by atoms with Crippen molar-refractivity contribution >= 4 is 5.91 Å². The molecule has 0 bridgehead atoms. The van der Waals surface area contributed by atoms with Gasteiger partial charge in [0.1, 0.15) is 5.69 Å². The van der Waals surface area contributed by atoms with E-state index in [0.717, 1.165) is 5.56 Å². The Morgan fingerprint density at radius 1 is 1.37 bits per heavy atom. The number of hydrogen-bond acceptors (Lipinski definition) is 3. The SMILES string of the molecule is CN(CCO)C(=O)c1cn(C)nc1-c1ccccc1. The molecule has 0 spiro atoms. The van der Waals surface area contributed by atoms with Crippen LogP contribution in [-0.2, 0) is 7.05 Å². The third-order valence-electron chi connectivity index (χ3n) is 2.89. The molecule has 0 radical (unpaired) electrons. The molecule has 1 N–H and O–H groups in total. The van der Waals surface area contributed by atoms with Crippen LogP contribution in [0.25, 0.3) is 11.3 Å². The van der Waals surface area contributed by atoms with E-state index in [4.69, 9.17) is 5.11 Å². The second-order valence-electron chi connectivity index (χ2n) is 4.38. The monoisotopic (exact) mass is 259 g/mol. The van der Waals surface area contributed by atoms with Crippen LogP contribution in [0.5, 0.6) is 0 Å². The highest BCUT2D eigenvalue weighted by Gasteiger charge is 2.19. The molecule has 0 saturated carbocycles. The van der Waals surface area contributed by atoms with Gasteiger partial charge in [-0.2, -0.15) is 5.10 Å². The molecular formula is C14H17N3O2. The van der Waals surface area contributed by atoms with Crippen LogP contribution in [0.1, 0.15) is 10.4 Å². The molecule has 2 rings (SSSR count). The molecule has 0 aliphatic heterocycles. The van der Waals surface area contributed by atoms with Crippen molar-refractivity contribution in [3.63, 3.8) is 0 Å². The Kier molecular flexibility index (Phi) is 3.97. The molecule has 0 aliphatic rings. The maximum absolute atomic E-state index is 12.3. The summed E-state index contributed by atoms with van der Waals surface area (Å²) in [5.41, 5.74) is 2.12. The lowest BCUT2D eigenvalue weighted by atomic mass is 10.1. The lowest BCUT2D eigenvalue weighted by molar-refractivity contribution is 0.0767. The van der Waals surface area contributed by atoms with Gasteiger partial charge in [0.2, 0.25) is 0 Å². The van der Waals surface area contributed by atoms with Gasteiger partial charge in [0.15, 0.2) is 0 Å². The van der Waals surface area contributed by atoms with Crippen molar-refractivity contribution in [2.45, 2.75) is 0 Å². The Hall–Kier alpha value is -2.14. The first-order chi connectivity index (χ1) is 9.13. The standard InChI is InChI=1S/C14H17N3O2/c1-16(8-9-18)14(19)12-10-17(2)15-13(12)11-6-4-3-5-7-11/h3-7,10,18H,8-9H2,1-2H3. The number of carbonyl (C=O) groups excluding carboxylic acids is 1. The Balaban J connectivity index is 2.39. The predicted molar refractivity (Wildman–Crippen MR) is 72.7 cm³/mol. The van der Waals surface area contributed by atoms with Gasteiger partial charge in [-0.05, 0) is 0 Å². The van der Waals surface area contributed by atoms with E-state index in [2.05, 4.69) is 5.10 Å². The molecular weight excluding hydrogens is 242 g/mol. The zero-order valence-electron chi connectivity index (χ0n) is 11.1. The van der Waals surface area contributed by atoms with E-state index in [1.165, 1.54) is 4.90 Å². The molecule has 1 aromatic carbocycles. The fraction of sp³-hybridized carbons (Fsp3) is 0.286. The predicted octanol–water partition coefficient (Wildman–Crippen LogP) is 1.15. The minimum absolute atomic E-state index is 0.0524. The topological polar surface area (TPSA) is 58.4 Å². The van der Waals surface area contributed by atoms with Crippen LogP contribution < -0.4 is 0 Å². The zero-order valence-corrected chi connectivity index (χ0v) is 11.1. The maximum Gasteiger partial charge on any atom is 0.257 e. The summed E-state index contributed by atoms with van der Waals surface area (Å²) in [5, 5.41) is 13.3. The Labute approximate surface area is 112 Å². The van der Waals surface area contributed by atoms with Gasteiger partial charge in [-0.1, -0.05) is 30.3 Å². The highest BCUT2D eigenvalue weighted by Crippen LogP contribution is 2.22. The number of aliphatic hydroxyl groups is 1. The van der Waals surface area contributed by atoms with E-state index in [1.54, 1.807) is 25.0 Å². The fourth-order valence-electron chi connectivity index (χ4n) is 1.91. The summed E-state index contributed by atoms with van der Waals surface area (Å²) >= 11 is 0. The third kappa shape index (κ3) is 2.82. The van der Waals surface area contributed by atoms with Crippen molar-refractivity contribution < 1.29 is 9.90 Å². The van der Waals surface area contributed by atoms with Crippen molar-refractivity contribution in [2.75, 3.05) is 20.2 Å². The summed E-state index contributed by atoms with van der Waals surface area (Å²) in [7, 11) is 3.45. The average Bonchev–Trinajstić information content (AvgIpc) is 2.81. The van der Waals surface area contributed by atoms with Crippen molar-refractivity contribution in [1.29, 1.82) is 0 Å². The van der Waals surface area contributed by atoms with Gasteiger partial charge < -0.3 is 10.0 Å². The molecule has 100 valence electrons. The first-order valence-corrected chi connectivity index (χ1v) is 6.09. The number of aryl methyl sites for hydroxylation is 1. The summed E-state index contributed by atoms with van der Waals surface area (Å²) < 4.78 is 1.63. The van der Waals surface area contributed by atoms with Gasteiger partial charge >= 0.3 is 0 Å². The van der Waals surface area contributed by atoms with Gasteiger partial charge in [-0.25, -0.2) is 0 Å². The molecule has 1 heterocycles. The van der Waals surface area contributed by atoms with E-state index in [9.17, 15) is 4.79 Å². The number of likely N-dealkylation sites (N-methyl/N-ethyl adjacent to an activating group) is 1. The number of aromatic nitrogens is 2. The fourth-order valence-corrected chi connectivity index (χ4v) is 1.91. The number of carbonyl (C=O) groups is 1. The van der Waals surface area contributed by atoms with Crippen LogP contribution in [0.2, 0.25) is 0 Å². The van der Waals surface area contributed by atoms with Gasteiger partial charge in [-0.3, -0.25) is 9.48 Å². The highest BCUT2D eigenvalue weighted by atomic mass is 16.3. The van der Waals surface area contributed by atoms with Crippen molar-refractivity contribution in [1.82, 2.24) is 14.7 Å². The third-order valence-corrected chi connectivity index (χ3v) is 2.89. The van der Waals surface area contributed by atoms with E-state index in [0.29, 0.717) is 17.8 Å². The van der Waals surface area contributed by atoms with Crippen LogP contribution in [-0.4, -0.2) is 45.9 Å². The van der Waals surface area contributed by atoms with Gasteiger partial charge in [0.05, 0.1) is 12.2 Å². The van der Waals surface area contributed by atoms with Crippen LogP contribution in [0.15, 0.2) is 36.5 Å². The van der Waals surface area contributed by atoms with E-state index in [-0.39, 0.29) is 12.5 Å². The lowest BCUT2D eigenvalue weighted by Crippen LogP contribution is -2.29. The summed E-state index contributed by atoms with van der Waals surface area (Å²) in [4.78, 5) is 13.8. The molecule has 0 aliphatic carbocycles. The second kappa shape index (κ2) is 5.67. The molecule has 5 heteroatoms. The zero-order chi connectivity index (χ0) is 13.8. The number of nitrogens with zero attached hydrogens (tertiary/aromatic N) is 3. The van der Waals surface area contributed by atoms with E-state index in [1.807, 2.05) is 30.3 Å². The Morgan fingerprint density at radius 3 is 2.68 bits per heavy atom. The van der Waals surface area contributed by atoms with Crippen LogP contribution in [0, 0.1) is 0 Å². The van der Waals surface area contributed by atoms with Crippen molar-refractivity contribution in [3.8, 4) is 11.3 Å². The second-order valence-corrected chi connectivity index (χ2v) is 4.38. The maximum atomic E-state index is 12.3. The average molecular weight is 259 g/mol. The van der Waals surface area contributed by atoms with E-state index >= 15 is 0 Å². The number of amides is 1. The quantitative estimate of drug-likeness (QED) is 0.896. The number of benzene rings is 1. The summed E-state index contributed by atoms with van der Waals surface area (Å²) in [6.45, 7) is 0.255. The first kappa shape index (κ1) is 13.3. The first-order valence-electron chi connectivity index (χ1n) is 6.09. The smallest absolute Gasteiger partial charge is 0.257 e. The van der Waals surface area contributed by atoms with E-state index < -0.39 is 0 Å². The van der Waals surface area contributed by atoms with Gasteiger partial charge in [-0.15, -0.1) is 0 Å². The molecule has 1 amide bonds. The molecule has 1 aromatic heterocycles. The minimum atomic E-state index is -0.138. The molecule has 5 nitrogen and oxygen atoms in total. The molecule has 0 unspecified atom stereocenters. The molecule has 0 fully saturated rings. The van der Waals surface area contributed by atoms with Crippen molar-refractivity contribution in [3.05, 3.63) is 42.1 Å². The van der Waals surface area contributed by atoms with Crippen LogP contribution >= 0.6 is 0 Å². The normalized spacial score (nSPS) is 10.5. The number of rotatable bonds is 4. The highest BCUT2D eigenvalue weighted by molar-refractivity contribution is 5.99.